The number of halogens is 1. The van der Waals surface area contributed by atoms with Gasteiger partial charge in [0.25, 0.3) is 0 Å². The molecule has 1 saturated heterocycles. The van der Waals surface area contributed by atoms with E-state index in [0.717, 1.165) is 63.9 Å². The predicted octanol–water partition coefficient (Wildman–Crippen LogP) is 3.79. The van der Waals surface area contributed by atoms with E-state index in [1.165, 1.54) is 31.2 Å². The minimum absolute atomic E-state index is 0. The zero-order valence-corrected chi connectivity index (χ0v) is 21.8. The molecule has 2 fully saturated rings. The number of nitrogens with one attached hydrogen (secondary N) is 2. The second kappa shape index (κ2) is 13.5. The van der Waals surface area contributed by atoms with Crippen molar-refractivity contribution >= 4 is 29.9 Å². The highest BCUT2D eigenvalue weighted by Gasteiger charge is 2.36. The van der Waals surface area contributed by atoms with Gasteiger partial charge in [0.1, 0.15) is 5.75 Å². The first-order valence-corrected chi connectivity index (χ1v) is 11.6. The van der Waals surface area contributed by atoms with Crippen LogP contribution in [0.4, 0.5) is 0 Å². The summed E-state index contributed by atoms with van der Waals surface area (Å²) in [5.74, 6) is 1.90. The molecule has 0 radical (unpaired) electrons. The highest BCUT2D eigenvalue weighted by Crippen LogP contribution is 2.42. The van der Waals surface area contributed by atoms with Crippen LogP contribution in [0.1, 0.15) is 51.0 Å². The molecule has 1 aromatic rings. The van der Waals surface area contributed by atoms with E-state index in [4.69, 9.17) is 14.5 Å². The lowest BCUT2D eigenvalue weighted by atomic mass is 9.79. The quantitative estimate of drug-likeness (QED) is 0.282. The summed E-state index contributed by atoms with van der Waals surface area (Å²) in [5, 5.41) is 7.18. The van der Waals surface area contributed by atoms with Gasteiger partial charge in [0.15, 0.2) is 5.96 Å². The summed E-state index contributed by atoms with van der Waals surface area (Å²) in [6.45, 7) is 7.92. The number of aliphatic imine (C=N–C) groups is 1. The van der Waals surface area contributed by atoms with Crippen molar-refractivity contribution in [3.8, 4) is 5.75 Å². The third-order valence-corrected chi connectivity index (χ3v) is 6.67. The minimum atomic E-state index is 0. The minimum Gasteiger partial charge on any atom is -0.497 e. The molecule has 0 amide bonds. The van der Waals surface area contributed by atoms with Crippen molar-refractivity contribution in [2.24, 2.45) is 4.99 Å². The summed E-state index contributed by atoms with van der Waals surface area (Å²) < 4.78 is 10.7. The summed E-state index contributed by atoms with van der Waals surface area (Å²) in [5.41, 5.74) is 1.49. The fourth-order valence-electron chi connectivity index (χ4n) is 4.81. The number of nitrogens with zero attached hydrogens (tertiary/aromatic N) is 2. The van der Waals surface area contributed by atoms with Crippen molar-refractivity contribution in [1.82, 2.24) is 15.5 Å². The molecule has 1 aliphatic heterocycles. The Balaban J connectivity index is 0.00000341. The van der Waals surface area contributed by atoms with Crippen LogP contribution in [0.2, 0.25) is 0 Å². The van der Waals surface area contributed by atoms with E-state index >= 15 is 0 Å². The summed E-state index contributed by atoms with van der Waals surface area (Å²) in [6.07, 6.45) is 7.24. The molecule has 2 aliphatic rings. The van der Waals surface area contributed by atoms with Crippen LogP contribution >= 0.6 is 24.0 Å². The molecule has 6 nitrogen and oxygen atoms in total. The van der Waals surface area contributed by atoms with Gasteiger partial charge in [0, 0.05) is 44.7 Å². The number of benzene rings is 1. The number of hydrogen-bond donors (Lipinski definition) is 2. The normalized spacial score (nSPS) is 19.6. The Morgan fingerprint density at radius 2 is 1.94 bits per heavy atom. The summed E-state index contributed by atoms with van der Waals surface area (Å²) >= 11 is 0. The van der Waals surface area contributed by atoms with Crippen molar-refractivity contribution in [3.63, 3.8) is 0 Å². The Hall–Kier alpha value is -1.06. The Morgan fingerprint density at radius 1 is 1.19 bits per heavy atom. The molecule has 1 aliphatic carbocycles. The zero-order chi connectivity index (χ0) is 21.2. The Labute approximate surface area is 205 Å². The highest BCUT2D eigenvalue weighted by atomic mass is 127. The summed E-state index contributed by atoms with van der Waals surface area (Å²) in [4.78, 5) is 7.57. The molecule has 3 rings (SSSR count). The molecule has 0 aromatic heterocycles. The van der Waals surface area contributed by atoms with Crippen LogP contribution < -0.4 is 15.4 Å². The fourth-order valence-corrected chi connectivity index (χ4v) is 4.81. The Kier molecular flexibility index (Phi) is 11.4. The smallest absolute Gasteiger partial charge is 0.191 e. The van der Waals surface area contributed by atoms with E-state index in [1.807, 2.05) is 6.07 Å². The third-order valence-electron chi connectivity index (χ3n) is 6.67. The molecule has 0 spiro atoms. The van der Waals surface area contributed by atoms with Crippen LogP contribution in [0.3, 0.4) is 0 Å². The fraction of sp³-hybridized carbons (Fsp3) is 0.708. The average Bonchev–Trinajstić information content (AvgIpc) is 3.27. The van der Waals surface area contributed by atoms with Crippen LogP contribution in [0.15, 0.2) is 29.3 Å². The van der Waals surface area contributed by atoms with Crippen molar-refractivity contribution in [2.75, 3.05) is 53.6 Å². The van der Waals surface area contributed by atoms with Crippen LogP contribution in [0.5, 0.6) is 5.75 Å². The van der Waals surface area contributed by atoms with Crippen molar-refractivity contribution in [3.05, 3.63) is 29.8 Å². The largest absolute Gasteiger partial charge is 0.497 e. The lowest BCUT2D eigenvalue weighted by Gasteiger charge is -2.33. The van der Waals surface area contributed by atoms with E-state index in [9.17, 15) is 0 Å². The van der Waals surface area contributed by atoms with Crippen molar-refractivity contribution in [1.29, 1.82) is 0 Å². The van der Waals surface area contributed by atoms with Gasteiger partial charge in [-0.1, -0.05) is 25.0 Å². The number of piperidine rings is 1. The zero-order valence-electron chi connectivity index (χ0n) is 19.5. The van der Waals surface area contributed by atoms with Crippen molar-refractivity contribution in [2.45, 2.75) is 56.9 Å². The first-order chi connectivity index (χ1) is 14.7. The Bertz CT molecular complexity index is 671. The number of hydrogen-bond acceptors (Lipinski definition) is 4. The molecule has 1 saturated carbocycles. The van der Waals surface area contributed by atoms with Gasteiger partial charge in [-0.25, -0.2) is 0 Å². The van der Waals surface area contributed by atoms with E-state index in [0.29, 0.717) is 6.04 Å². The number of ether oxygens (including phenoxy) is 2. The Morgan fingerprint density at radius 3 is 2.58 bits per heavy atom. The molecule has 1 heterocycles. The van der Waals surface area contributed by atoms with Crippen LogP contribution in [0, 0.1) is 0 Å². The van der Waals surface area contributed by atoms with Crippen LogP contribution in [-0.4, -0.2) is 70.5 Å². The number of guanidine groups is 1. The maximum atomic E-state index is 5.48. The molecule has 0 unspecified atom stereocenters. The number of rotatable bonds is 9. The van der Waals surface area contributed by atoms with Crippen LogP contribution in [-0.2, 0) is 10.2 Å². The first-order valence-electron chi connectivity index (χ1n) is 11.6. The van der Waals surface area contributed by atoms with Crippen molar-refractivity contribution < 1.29 is 9.47 Å². The van der Waals surface area contributed by atoms with E-state index in [-0.39, 0.29) is 29.4 Å². The maximum absolute atomic E-state index is 5.48. The van der Waals surface area contributed by atoms with Gasteiger partial charge < -0.3 is 25.0 Å². The second-order valence-corrected chi connectivity index (χ2v) is 8.67. The molecule has 31 heavy (non-hydrogen) atoms. The molecule has 1 aromatic carbocycles. The molecule has 7 heteroatoms. The molecule has 0 atom stereocenters. The van der Waals surface area contributed by atoms with E-state index < -0.39 is 0 Å². The second-order valence-electron chi connectivity index (χ2n) is 8.67. The molecule has 176 valence electrons. The maximum Gasteiger partial charge on any atom is 0.191 e. The number of methoxy groups -OCH3 is 2. The SMILES string of the molecule is CCNC(=NCC1(c2cccc(OC)c2)CCCC1)NC1CCN(CCOC)CC1.I. The van der Waals surface area contributed by atoms with E-state index in [1.54, 1.807) is 14.2 Å². The molecular formula is C24H41IN4O2. The summed E-state index contributed by atoms with van der Waals surface area (Å²) in [6, 6.07) is 9.08. The molecule has 2 N–H and O–H groups in total. The summed E-state index contributed by atoms with van der Waals surface area (Å²) in [7, 11) is 3.52. The molecular weight excluding hydrogens is 503 g/mol. The lowest BCUT2D eigenvalue weighted by Crippen LogP contribution is -2.49. The third kappa shape index (κ3) is 7.49. The molecule has 0 bridgehead atoms. The first kappa shape index (κ1) is 26.2. The van der Waals surface area contributed by atoms with Gasteiger partial charge in [0.2, 0.25) is 0 Å². The van der Waals surface area contributed by atoms with Crippen LogP contribution in [0.25, 0.3) is 0 Å². The topological polar surface area (TPSA) is 58.1 Å². The van der Waals surface area contributed by atoms with Gasteiger partial charge in [-0.2, -0.15) is 0 Å². The monoisotopic (exact) mass is 544 g/mol. The van der Waals surface area contributed by atoms with Gasteiger partial charge in [-0.15, -0.1) is 24.0 Å². The van der Waals surface area contributed by atoms with Gasteiger partial charge in [-0.05, 0) is 50.3 Å². The lowest BCUT2D eigenvalue weighted by molar-refractivity contribution is 0.128. The standard InChI is InChI=1S/C24H40N4O2.HI/c1-4-25-23(27-21-10-14-28(15-11-21)16-17-29-2)26-19-24(12-5-6-13-24)20-8-7-9-22(18-20)30-3;/h7-9,18,21H,4-6,10-17,19H2,1-3H3,(H2,25,26,27);1H. The van der Waals surface area contributed by atoms with Gasteiger partial charge in [0.05, 0.1) is 20.3 Å². The highest BCUT2D eigenvalue weighted by molar-refractivity contribution is 14.0. The van der Waals surface area contributed by atoms with E-state index in [2.05, 4.69) is 40.7 Å². The average molecular weight is 545 g/mol. The number of likely N-dealkylation sites (tertiary alicyclic amines) is 1. The van der Waals surface area contributed by atoms with Gasteiger partial charge in [-0.3, -0.25) is 4.99 Å². The predicted molar refractivity (Wildman–Crippen MR) is 139 cm³/mol. The van der Waals surface area contributed by atoms with Gasteiger partial charge >= 0.3 is 0 Å².